The first kappa shape index (κ1) is 23.2. The number of fused-ring (bicyclic) bond motifs is 1. The first-order valence-electron chi connectivity index (χ1n) is 11.8. The van der Waals surface area contributed by atoms with Crippen LogP contribution in [0.2, 0.25) is 0 Å². The average molecular weight is 453 g/mol. The molecule has 2 unspecified atom stereocenters. The van der Waals surface area contributed by atoms with Crippen LogP contribution in [0.25, 0.3) is 0 Å². The van der Waals surface area contributed by atoms with Gasteiger partial charge in [0.15, 0.2) is 0 Å². The molecule has 2 saturated heterocycles. The molecule has 3 amide bonds. The Morgan fingerprint density at radius 2 is 2.09 bits per heavy atom. The van der Waals surface area contributed by atoms with E-state index in [2.05, 4.69) is 13.0 Å². The molecule has 0 spiro atoms. The SMILES string of the molecule is CC[C@H]1CN(CC(N)C(=O)N2CCCC2C#N)CC(=O)N1[C@H]1CCc2cc(C(N)=O)ccc21. The van der Waals surface area contributed by atoms with Crippen LogP contribution in [0.3, 0.4) is 0 Å². The molecule has 2 aliphatic heterocycles. The van der Waals surface area contributed by atoms with E-state index in [-0.39, 0.29) is 30.4 Å². The van der Waals surface area contributed by atoms with Gasteiger partial charge in [-0.15, -0.1) is 0 Å². The minimum Gasteiger partial charge on any atom is -0.366 e. The number of hydrogen-bond donors (Lipinski definition) is 2. The molecule has 4 atom stereocenters. The van der Waals surface area contributed by atoms with Gasteiger partial charge in [-0.2, -0.15) is 5.26 Å². The zero-order valence-corrected chi connectivity index (χ0v) is 19.1. The Hall–Kier alpha value is -2.96. The van der Waals surface area contributed by atoms with E-state index in [0.29, 0.717) is 31.6 Å². The van der Waals surface area contributed by atoms with Crippen LogP contribution in [0.1, 0.15) is 60.1 Å². The van der Waals surface area contributed by atoms with Crippen molar-refractivity contribution in [1.82, 2.24) is 14.7 Å². The molecule has 4 rings (SSSR count). The number of primary amides is 1. The van der Waals surface area contributed by atoms with Crippen molar-refractivity contribution in [3.63, 3.8) is 0 Å². The number of nitrogens with two attached hydrogens (primary N) is 2. The second-order valence-corrected chi connectivity index (χ2v) is 9.31. The van der Waals surface area contributed by atoms with Crippen LogP contribution in [-0.2, 0) is 16.0 Å². The summed E-state index contributed by atoms with van der Waals surface area (Å²) in [5.74, 6) is -0.629. The molecule has 9 heteroatoms. The number of benzene rings is 1. The van der Waals surface area contributed by atoms with Gasteiger partial charge in [0, 0.05) is 31.2 Å². The van der Waals surface area contributed by atoms with Gasteiger partial charge in [-0.05, 0) is 55.4 Å². The van der Waals surface area contributed by atoms with Crippen molar-refractivity contribution in [1.29, 1.82) is 5.26 Å². The van der Waals surface area contributed by atoms with Crippen LogP contribution in [0.15, 0.2) is 18.2 Å². The summed E-state index contributed by atoms with van der Waals surface area (Å²) in [6.45, 7) is 3.79. The van der Waals surface area contributed by atoms with Gasteiger partial charge in [-0.1, -0.05) is 13.0 Å². The minimum atomic E-state index is -0.754. The highest BCUT2D eigenvalue weighted by Crippen LogP contribution is 2.39. The summed E-state index contributed by atoms with van der Waals surface area (Å²) in [7, 11) is 0. The van der Waals surface area contributed by atoms with Crippen LogP contribution in [0, 0.1) is 11.3 Å². The highest BCUT2D eigenvalue weighted by atomic mass is 16.2. The topological polar surface area (TPSA) is 137 Å². The Morgan fingerprint density at radius 1 is 1.30 bits per heavy atom. The highest BCUT2D eigenvalue weighted by Gasteiger charge is 2.40. The number of amides is 3. The lowest BCUT2D eigenvalue weighted by atomic mass is 9.99. The maximum atomic E-state index is 13.3. The third kappa shape index (κ3) is 4.45. The van der Waals surface area contributed by atoms with Crippen molar-refractivity contribution in [2.45, 2.75) is 63.2 Å². The number of nitriles is 1. The Labute approximate surface area is 194 Å². The monoisotopic (exact) mass is 452 g/mol. The molecule has 3 aliphatic rings. The molecule has 33 heavy (non-hydrogen) atoms. The largest absolute Gasteiger partial charge is 0.366 e. The fraction of sp³-hybridized carbons (Fsp3) is 0.583. The number of nitrogens with zero attached hydrogens (tertiary/aromatic N) is 4. The molecule has 2 fully saturated rings. The number of aryl methyl sites for hydroxylation is 1. The predicted octanol–water partition coefficient (Wildman–Crippen LogP) is 0.537. The lowest BCUT2D eigenvalue weighted by molar-refractivity contribution is -0.145. The van der Waals surface area contributed by atoms with Crippen LogP contribution >= 0.6 is 0 Å². The average Bonchev–Trinajstić information content (AvgIpc) is 3.44. The second-order valence-electron chi connectivity index (χ2n) is 9.31. The third-order valence-corrected chi connectivity index (χ3v) is 7.25. The van der Waals surface area contributed by atoms with Crippen molar-refractivity contribution >= 4 is 17.7 Å². The molecule has 0 bridgehead atoms. The maximum Gasteiger partial charge on any atom is 0.248 e. The first-order valence-corrected chi connectivity index (χ1v) is 11.8. The van der Waals surface area contributed by atoms with Gasteiger partial charge in [-0.25, -0.2) is 0 Å². The zero-order valence-electron chi connectivity index (χ0n) is 19.1. The fourth-order valence-corrected chi connectivity index (χ4v) is 5.59. The van der Waals surface area contributed by atoms with Crippen molar-refractivity contribution in [3.05, 3.63) is 34.9 Å². The van der Waals surface area contributed by atoms with E-state index in [1.54, 1.807) is 11.0 Å². The van der Waals surface area contributed by atoms with E-state index >= 15 is 0 Å². The van der Waals surface area contributed by atoms with Gasteiger partial charge in [0.1, 0.15) is 6.04 Å². The zero-order chi connectivity index (χ0) is 23.7. The summed E-state index contributed by atoms with van der Waals surface area (Å²) in [6, 6.07) is 6.53. The summed E-state index contributed by atoms with van der Waals surface area (Å²) >= 11 is 0. The molecule has 1 aliphatic carbocycles. The normalized spacial score (nSPS) is 26.2. The van der Waals surface area contributed by atoms with E-state index in [0.717, 1.165) is 36.8 Å². The number of likely N-dealkylation sites (tertiary alicyclic amines) is 1. The quantitative estimate of drug-likeness (QED) is 0.646. The first-order chi connectivity index (χ1) is 15.8. The van der Waals surface area contributed by atoms with Crippen LogP contribution in [0.5, 0.6) is 0 Å². The summed E-state index contributed by atoms with van der Waals surface area (Å²) in [6.07, 6.45) is 3.92. The molecule has 4 N–H and O–H groups in total. The van der Waals surface area contributed by atoms with Crippen molar-refractivity contribution in [2.75, 3.05) is 26.2 Å². The summed E-state index contributed by atoms with van der Waals surface area (Å²) < 4.78 is 0. The lowest BCUT2D eigenvalue weighted by Crippen LogP contribution is -2.60. The Kier molecular flexibility index (Phi) is 6.68. The number of piperazine rings is 1. The molecule has 1 aromatic rings. The van der Waals surface area contributed by atoms with Crippen molar-refractivity contribution in [2.24, 2.45) is 11.5 Å². The van der Waals surface area contributed by atoms with E-state index < -0.39 is 18.0 Å². The molecular formula is C24H32N6O3. The van der Waals surface area contributed by atoms with Crippen LogP contribution < -0.4 is 11.5 Å². The molecule has 176 valence electrons. The second kappa shape index (κ2) is 9.49. The highest BCUT2D eigenvalue weighted by molar-refractivity contribution is 5.93. The molecule has 9 nitrogen and oxygen atoms in total. The molecule has 1 aromatic carbocycles. The summed E-state index contributed by atoms with van der Waals surface area (Å²) in [5, 5.41) is 9.27. The minimum absolute atomic E-state index is 0.0129. The summed E-state index contributed by atoms with van der Waals surface area (Å²) in [5.41, 5.74) is 14.3. The van der Waals surface area contributed by atoms with Crippen LogP contribution in [-0.4, -0.2) is 76.7 Å². The van der Waals surface area contributed by atoms with E-state index in [9.17, 15) is 19.6 Å². The van der Waals surface area contributed by atoms with Gasteiger partial charge >= 0.3 is 0 Å². The van der Waals surface area contributed by atoms with Gasteiger partial charge < -0.3 is 21.3 Å². The maximum absolute atomic E-state index is 13.3. The number of rotatable bonds is 6. The van der Waals surface area contributed by atoms with Gasteiger partial charge in [0.05, 0.1) is 24.7 Å². The number of hydrogen-bond acceptors (Lipinski definition) is 6. The third-order valence-electron chi connectivity index (χ3n) is 7.25. The van der Waals surface area contributed by atoms with Crippen LogP contribution in [0.4, 0.5) is 0 Å². The van der Waals surface area contributed by atoms with Crippen molar-refractivity contribution < 1.29 is 14.4 Å². The fourth-order valence-electron chi connectivity index (χ4n) is 5.59. The van der Waals surface area contributed by atoms with Crippen molar-refractivity contribution in [3.8, 4) is 6.07 Å². The van der Waals surface area contributed by atoms with Gasteiger partial charge in [-0.3, -0.25) is 19.3 Å². The van der Waals surface area contributed by atoms with E-state index in [1.165, 1.54) is 0 Å². The Morgan fingerprint density at radius 3 is 2.79 bits per heavy atom. The van der Waals surface area contributed by atoms with Gasteiger partial charge in [0.2, 0.25) is 17.7 Å². The smallest absolute Gasteiger partial charge is 0.248 e. The molecule has 0 saturated carbocycles. The molecular weight excluding hydrogens is 420 g/mol. The lowest BCUT2D eigenvalue weighted by Gasteiger charge is -2.44. The Bertz CT molecular complexity index is 989. The van der Waals surface area contributed by atoms with E-state index in [4.69, 9.17) is 11.5 Å². The van der Waals surface area contributed by atoms with Gasteiger partial charge in [0.25, 0.3) is 0 Å². The number of carbonyl (C=O) groups is 3. The van der Waals surface area contributed by atoms with E-state index in [1.807, 2.05) is 21.9 Å². The number of carbonyl (C=O) groups excluding carboxylic acids is 3. The predicted molar refractivity (Wildman–Crippen MR) is 122 cm³/mol. The standard InChI is InChI=1S/C24H32N6O3/c1-2-17-12-28(13-20(26)24(33)29-9-3-4-18(29)11-25)14-22(31)30(17)21-8-6-15-10-16(23(27)32)5-7-19(15)21/h5,7,10,17-18,20-21H,2-4,6,8-9,12-14,26H2,1H3,(H2,27,32)/t17-,18?,20?,21-/m0/s1. The molecule has 2 heterocycles. The molecule has 0 radical (unpaired) electrons. The molecule has 0 aromatic heterocycles. The summed E-state index contributed by atoms with van der Waals surface area (Å²) in [4.78, 5) is 43.2. The Balaban J connectivity index is 1.44.